The molecular weight excluding hydrogens is 224 g/mol. The average Bonchev–Trinajstić information content (AvgIpc) is 2.35. The summed E-state index contributed by atoms with van der Waals surface area (Å²) in [6, 6.07) is 6.39. The van der Waals surface area contributed by atoms with E-state index in [0.717, 1.165) is 18.7 Å². The smallest absolute Gasteiger partial charge is 0.225 e. The lowest BCUT2D eigenvalue weighted by Crippen LogP contribution is -2.36. The van der Waals surface area contributed by atoms with Crippen LogP contribution in [0.3, 0.4) is 0 Å². The lowest BCUT2D eigenvalue weighted by Gasteiger charge is -2.22. The van der Waals surface area contributed by atoms with Crippen LogP contribution in [0, 0.1) is 13.8 Å². The number of benzene rings is 1. The molecule has 0 aliphatic carbocycles. The Hall–Kier alpha value is -1.35. The zero-order valence-electron chi connectivity index (χ0n) is 11.3. The number of amides is 1. The molecule has 2 N–H and O–H groups in total. The van der Waals surface area contributed by atoms with Crippen LogP contribution in [-0.4, -0.2) is 18.5 Å². The molecule has 1 unspecified atom stereocenters. The van der Waals surface area contributed by atoms with Crippen LogP contribution in [0.25, 0.3) is 0 Å². The topological polar surface area (TPSA) is 41.1 Å². The number of carbonyl (C=O) groups is 1. The maximum atomic E-state index is 11.9. The second kappa shape index (κ2) is 6.01. The zero-order chi connectivity index (χ0) is 13.0. The fraction of sp³-hybridized carbons (Fsp3) is 0.533. The number of carbonyl (C=O) groups excluding carboxylic acids is 1. The van der Waals surface area contributed by atoms with Crippen molar-refractivity contribution in [3.63, 3.8) is 0 Å². The van der Waals surface area contributed by atoms with Crippen LogP contribution < -0.4 is 10.6 Å². The van der Waals surface area contributed by atoms with E-state index in [1.807, 2.05) is 18.2 Å². The standard InChI is InChI=1S/C15H22N2O/c1-11-6-7-14(9-12(11)2)17-15(18)10-13-5-3-4-8-16-13/h6-7,9,13,16H,3-5,8,10H2,1-2H3,(H,17,18). The highest BCUT2D eigenvalue weighted by Gasteiger charge is 2.16. The molecule has 1 aromatic rings. The minimum Gasteiger partial charge on any atom is -0.326 e. The molecule has 0 aromatic heterocycles. The van der Waals surface area contributed by atoms with Crippen molar-refractivity contribution in [3.8, 4) is 0 Å². The molecule has 1 aliphatic heterocycles. The number of aryl methyl sites for hydroxylation is 2. The van der Waals surface area contributed by atoms with Gasteiger partial charge in [-0.3, -0.25) is 4.79 Å². The van der Waals surface area contributed by atoms with E-state index in [1.54, 1.807) is 0 Å². The van der Waals surface area contributed by atoms with Crippen LogP contribution in [-0.2, 0) is 4.79 Å². The molecule has 3 nitrogen and oxygen atoms in total. The van der Waals surface area contributed by atoms with E-state index in [0.29, 0.717) is 12.5 Å². The molecule has 0 radical (unpaired) electrons. The molecule has 1 saturated heterocycles. The molecule has 1 fully saturated rings. The fourth-order valence-electron chi connectivity index (χ4n) is 2.35. The fourth-order valence-corrected chi connectivity index (χ4v) is 2.35. The van der Waals surface area contributed by atoms with Crippen LogP contribution in [0.15, 0.2) is 18.2 Å². The quantitative estimate of drug-likeness (QED) is 0.861. The molecule has 0 saturated carbocycles. The van der Waals surface area contributed by atoms with Gasteiger partial charge in [0.05, 0.1) is 0 Å². The Kier molecular flexibility index (Phi) is 4.37. The molecule has 1 atom stereocenters. The van der Waals surface area contributed by atoms with Gasteiger partial charge >= 0.3 is 0 Å². The summed E-state index contributed by atoms with van der Waals surface area (Å²) in [5.41, 5.74) is 3.37. The molecule has 98 valence electrons. The van der Waals surface area contributed by atoms with Gasteiger partial charge in [-0.1, -0.05) is 12.5 Å². The van der Waals surface area contributed by atoms with Crippen LogP contribution in [0.1, 0.15) is 36.8 Å². The number of piperidine rings is 1. The second-order valence-electron chi connectivity index (χ2n) is 5.20. The van der Waals surface area contributed by atoms with E-state index in [-0.39, 0.29) is 5.91 Å². The predicted octanol–water partition coefficient (Wildman–Crippen LogP) is 2.77. The number of rotatable bonds is 3. The van der Waals surface area contributed by atoms with E-state index >= 15 is 0 Å². The summed E-state index contributed by atoms with van der Waals surface area (Å²) in [6.45, 7) is 5.18. The van der Waals surface area contributed by atoms with E-state index in [1.165, 1.54) is 24.0 Å². The van der Waals surface area contributed by atoms with Gasteiger partial charge in [0.1, 0.15) is 0 Å². The molecule has 1 amide bonds. The first-order valence-electron chi connectivity index (χ1n) is 6.75. The van der Waals surface area contributed by atoms with Crippen molar-refractivity contribution in [3.05, 3.63) is 29.3 Å². The summed E-state index contributed by atoms with van der Waals surface area (Å²) in [5.74, 6) is 0.109. The lowest BCUT2D eigenvalue weighted by molar-refractivity contribution is -0.116. The van der Waals surface area contributed by atoms with Gasteiger partial charge in [-0.25, -0.2) is 0 Å². The third-order valence-electron chi connectivity index (χ3n) is 3.63. The van der Waals surface area contributed by atoms with Crippen molar-refractivity contribution in [1.29, 1.82) is 0 Å². The van der Waals surface area contributed by atoms with E-state index in [9.17, 15) is 4.79 Å². The predicted molar refractivity (Wildman–Crippen MR) is 74.8 cm³/mol. The molecule has 1 aliphatic rings. The normalized spacial score (nSPS) is 19.6. The molecule has 1 heterocycles. The Morgan fingerprint density at radius 3 is 2.83 bits per heavy atom. The van der Waals surface area contributed by atoms with Crippen molar-refractivity contribution in [2.45, 2.75) is 45.6 Å². The monoisotopic (exact) mass is 246 g/mol. The van der Waals surface area contributed by atoms with Gasteiger partial charge < -0.3 is 10.6 Å². The van der Waals surface area contributed by atoms with Gasteiger partial charge in [0.25, 0.3) is 0 Å². The van der Waals surface area contributed by atoms with Gasteiger partial charge in [-0.05, 0) is 56.5 Å². The average molecular weight is 246 g/mol. The summed E-state index contributed by atoms with van der Waals surface area (Å²) in [5, 5.41) is 6.37. The molecule has 18 heavy (non-hydrogen) atoms. The third-order valence-corrected chi connectivity index (χ3v) is 3.63. The summed E-state index contributed by atoms with van der Waals surface area (Å²) in [7, 11) is 0. The Morgan fingerprint density at radius 1 is 1.33 bits per heavy atom. The first kappa shape index (κ1) is 13.1. The van der Waals surface area contributed by atoms with Crippen molar-refractivity contribution in [2.24, 2.45) is 0 Å². The van der Waals surface area contributed by atoms with E-state index in [4.69, 9.17) is 0 Å². The largest absolute Gasteiger partial charge is 0.326 e. The van der Waals surface area contributed by atoms with E-state index in [2.05, 4.69) is 24.5 Å². The van der Waals surface area contributed by atoms with Crippen LogP contribution in [0.4, 0.5) is 5.69 Å². The van der Waals surface area contributed by atoms with Crippen molar-refractivity contribution in [1.82, 2.24) is 5.32 Å². The lowest BCUT2D eigenvalue weighted by atomic mass is 10.0. The number of hydrogen-bond donors (Lipinski definition) is 2. The molecule has 1 aromatic carbocycles. The highest BCUT2D eigenvalue weighted by molar-refractivity contribution is 5.91. The SMILES string of the molecule is Cc1ccc(NC(=O)CC2CCCCN2)cc1C. The first-order valence-corrected chi connectivity index (χ1v) is 6.75. The highest BCUT2D eigenvalue weighted by atomic mass is 16.1. The maximum absolute atomic E-state index is 11.9. The van der Waals surface area contributed by atoms with Gasteiger partial charge in [-0.15, -0.1) is 0 Å². The molecule has 2 rings (SSSR count). The van der Waals surface area contributed by atoms with Crippen LogP contribution in [0.5, 0.6) is 0 Å². The maximum Gasteiger partial charge on any atom is 0.225 e. The van der Waals surface area contributed by atoms with Gasteiger partial charge in [0.2, 0.25) is 5.91 Å². The Morgan fingerprint density at radius 2 is 2.17 bits per heavy atom. The molecule has 0 bridgehead atoms. The number of hydrogen-bond acceptors (Lipinski definition) is 2. The van der Waals surface area contributed by atoms with E-state index < -0.39 is 0 Å². The van der Waals surface area contributed by atoms with Gasteiger partial charge in [0.15, 0.2) is 0 Å². The van der Waals surface area contributed by atoms with Crippen molar-refractivity contribution >= 4 is 11.6 Å². The van der Waals surface area contributed by atoms with Crippen LogP contribution in [0.2, 0.25) is 0 Å². The Bertz CT molecular complexity index is 423. The Labute approximate surface area is 109 Å². The van der Waals surface area contributed by atoms with Crippen LogP contribution >= 0.6 is 0 Å². The molecule has 3 heteroatoms. The van der Waals surface area contributed by atoms with Gasteiger partial charge in [0, 0.05) is 18.2 Å². The number of anilines is 1. The van der Waals surface area contributed by atoms with Crippen molar-refractivity contribution < 1.29 is 4.79 Å². The second-order valence-corrected chi connectivity index (χ2v) is 5.20. The minimum atomic E-state index is 0.109. The summed E-state index contributed by atoms with van der Waals surface area (Å²) < 4.78 is 0. The molecular formula is C15H22N2O. The van der Waals surface area contributed by atoms with Gasteiger partial charge in [-0.2, -0.15) is 0 Å². The minimum absolute atomic E-state index is 0.109. The van der Waals surface area contributed by atoms with Crippen molar-refractivity contribution in [2.75, 3.05) is 11.9 Å². The summed E-state index contributed by atoms with van der Waals surface area (Å²) in [6.07, 6.45) is 4.15. The summed E-state index contributed by atoms with van der Waals surface area (Å²) in [4.78, 5) is 11.9. The molecule has 0 spiro atoms. The number of nitrogens with one attached hydrogen (secondary N) is 2. The first-order chi connectivity index (χ1) is 8.65. The highest BCUT2D eigenvalue weighted by Crippen LogP contribution is 2.15. The zero-order valence-corrected chi connectivity index (χ0v) is 11.3. The third kappa shape index (κ3) is 3.57. The Balaban J connectivity index is 1.88. The summed E-state index contributed by atoms with van der Waals surface area (Å²) >= 11 is 0.